The Bertz CT molecular complexity index is 1240. The number of hydrogen-bond donors (Lipinski definition) is 0. The fourth-order valence-electron chi connectivity index (χ4n) is 3.09. The molecule has 0 bridgehead atoms. The summed E-state index contributed by atoms with van der Waals surface area (Å²) in [5.41, 5.74) is 3.89. The first-order valence-electron chi connectivity index (χ1n) is 8.97. The lowest BCUT2D eigenvalue weighted by molar-refractivity contribution is 0.305. The summed E-state index contributed by atoms with van der Waals surface area (Å²) in [6.45, 7) is 4.16. The first kappa shape index (κ1) is 18.9. The predicted molar refractivity (Wildman–Crippen MR) is 109 cm³/mol. The van der Waals surface area contributed by atoms with E-state index in [1.54, 1.807) is 13.1 Å². The number of nitrogens with zero attached hydrogens (tertiary/aromatic N) is 6. The van der Waals surface area contributed by atoms with Gasteiger partial charge < -0.3 is 4.74 Å². The Kier molecular flexibility index (Phi) is 4.94. The Morgan fingerprint density at radius 1 is 1.03 bits per heavy atom. The molecule has 0 N–H and O–H groups in total. The zero-order valence-electron chi connectivity index (χ0n) is 16.2. The molecule has 0 aliphatic heterocycles. The minimum absolute atomic E-state index is 0.220. The summed E-state index contributed by atoms with van der Waals surface area (Å²) in [6.07, 6.45) is 0. The van der Waals surface area contributed by atoms with Crippen LogP contribution in [0.2, 0.25) is 5.02 Å². The minimum Gasteiger partial charge on any atom is -0.487 e. The van der Waals surface area contributed by atoms with Crippen LogP contribution in [-0.2, 0) is 13.7 Å². The quantitative estimate of drug-likeness (QED) is 0.505. The van der Waals surface area contributed by atoms with Crippen molar-refractivity contribution in [2.75, 3.05) is 0 Å². The molecule has 9 heteroatoms. The molecule has 0 saturated heterocycles. The molecule has 0 atom stereocenters. The summed E-state index contributed by atoms with van der Waals surface area (Å²) in [5, 5.41) is 12.6. The second-order valence-electron chi connectivity index (χ2n) is 6.67. The van der Waals surface area contributed by atoms with Crippen molar-refractivity contribution in [2.24, 2.45) is 7.05 Å². The lowest BCUT2D eigenvalue weighted by Gasteiger charge is -2.12. The van der Waals surface area contributed by atoms with Crippen molar-refractivity contribution in [3.63, 3.8) is 0 Å². The summed E-state index contributed by atoms with van der Waals surface area (Å²) in [6, 6.07) is 14.9. The number of tetrazole rings is 1. The molecule has 2 heterocycles. The first-order chi connectivity index (χ1) is 13.9. The normalized spacial score (nSPS) is 11.0. The SMILES string of the molecule is Cc1cc(C)n(-c2ccc(OCc3ccccc3-n3nnn(C)c3=O)c(Cl)c2)n1. The van der Waals surface area contributed by atoms with Gasteiger partial charge in [0.05, 0.1) is 22.1 Å². The third-order valence-electron chi connectivity index (χ3n) is 4.49. The number of ether oxygens (including phenoxy) is 1. The van der Waals surface area contributed by atoms with Crippen LogP contribution in [0.25, 0.3) is 11.4 Å². The van der Waals surface area contributed by atoms with Gasteiger partial charge in [0, 0.05) is 18.3 Å². The van der Waals surface area contributed by atoms with E-state index in [9.17, 15) is 4.79 Å². The topological polar surface area (TPSA) is 79.8 Å². The molecule has 0 spiro atoms. The van der Waals surface area contributed by atoms with E-state index in [-0.39, 0.29) is 12.3 Å². The van der Waals surface area contributed by atoms with E-state index in [1.165, 1.54) is 9.36 Å². The molecule has 0 radical (unpaired) electrons. The highest BCUT2D eigenvalue weighted by atomic mass is 35.5. The molecule has 0 aliphatic carbocycles. The van der Waals surface area contributed by atoms with Crippen LogP contribution in [0.4, 0.5) is 0 Å². The van der Waals surface area contributed by atoms with E-state index in [4.69, 9.17) is 16.3 Å². The molecule has 29 heavy (non-hydrogen) atoms. The lowest BCUT2D eigenvalue weighted by Crippen LogP contribution is -2.23. The van der Waals surface area contributed by atoms with Crippen molar-refractivity contribution in [3.05, 3.63) is 81.0 Å². The minimum atomic E-state index is -0.329. The molecule has 0 amide bonds. The third-order valence-corrected chi connectivity index (χ3v) is 4.79. The van der Waals surface area contributed by atoms with Crippen LogP contribution in [0, 0.1) is 13.8 Å². The van der Waals surface area contributed by atoms with Crippen molar-refractivity contribution < 1.29 is 4.74 Å². The summed E-state index contributed by atoms with van der Waals surface area (Å²) in [5.74, 6) is 0.540. The molecule has 2 aromatic heterocycles. The van der Waals surface area contributed by atoms with Crippen LogP contribution in [0.5, 0.6) is 5.75 Å². The summed E-state index contributed by atoms with van der Waals surface area (Å²) >= 11 is 6.44. The summed E-state index contributed by atoms with van der Waals surface area (Å²) in [4.78, 5) is 12.2. The largest absolute Gasteiger partial charge is 0.487 e. The Balaban J connectivity index is 1.58. The number of aromatic nitrogens is 6. The second kappa shape index (κ2) is 7.56. The molecular weight excluding hydrogens is 392 g/mol. The monoisotopic (exact) mass is 410 g/mol. The van der Waals surface area contributed by atoms with Crippen molar-refractivity contribution in [2.45, 2.75) is 20.5 Å². The Morgan fingerprint density at radius 2 is 1.83 bits per heavy atom. The molecule has 0 fully saturated rings. The Morgan fingerprint density at radius 3 is 2.48 bits per heavy atom. The van der Waals surface area contributed by atoms with Crippen molar-refractivity contribution in [1.82, 2.24) is 29.6 Å². The molecule has 148 valence electrons. The average Bonchev–Trinajstić information content (AvgIpc) is 3.22. The molecule has 0 aliphatic rings. The van der Waals surface area contributed by atoms with Crippen molar-refractivity contribution in [3.8, 4) is 17.1 Å². The number of para-hydroxylation sites is 1. The van der Waals surface area contributed by atoms with Gasteiger partial charge in [-0.05, 0) is 54.6 Å². The lowest BCUT2D eigenvalue weighted by atomic mass is 10.2. The molecular formula is C20H19ClN6O2. The molecule has 2 aromatic carbocycles. The third kappa shape index (κ3) is 3.66. The Hall–Kier alpha value is -3.39. The van der Waals surface area contributed by atoms with E-state index < -0.39 is 0 Å². The van der Waals surface area contributed by atoms with Gasteiger partial charge in [0.15, 0.2) is 0 Å². The first-order valence-corrected chi connectivity index (χ1v) is 9.35. The maximum Gasteiger partial charge on any atom is 0.368 e. The van der Waals surface area contributed by atoms with Gasteiger partial charge in [-0.3, -0.25) is 0 Å². The average molecular weight is 411 g/mol. The van der Waals surface area contributed by atoms with Crippen molar-refractivity contribution in [1.29, 1.82) is 0 Å². The van der Waals surface area contributed by atoms with Crippen LogP contribution in [0.3, 0.4) is 0 Å². The maximum atomic E-state index is 12.2. The number of halogens is 1. The van der Waals surface area contributed by atoms with E-state index in [1.807, 2.05) is 61.0 Å². The van der Waals surface area contributed by atoms with Gasteiger partial charge in [0.1, 0.15) is 12.4 Å². The number of hydrogen-bond acceptors (Lipinski definition) is 5. The molecule has 0 saturated carbocycles. The smallest absolute Gasteiger partial charge is 0.368 e. The van der Waals surface area contributed by atoms with Gasteiger partial charge in [0.2, 0.25) is 0 Å². The zero-order valence-corrected chi connectivity index (χ0v) is 17.0. The summed E-state index contributed by atoms with van der Waals surface area (Å²) < 4.78 is 10.2. The predicted octanol–water partition coefficient (Wildman–Crippen LogP) is 3.00. The van der Waals surface area contributed by atoms with Crippen LogP contribution in [-0.4, -0.2) is 29.6 Å². The second-order valence-corrected chi connectivity index (χ2v) is 7.08. The van der Waals surface area contributed by atoms with Crippen LogP contribution in [0.15, 0.2) is 53.3 Å². The summed E-state index contributed by atoms with van der Waals surface area (Å²) in [7, 11) is 1.55. The van der Waals surface area contributed by atoms with Crippen molar-refractivity contribution >= 4 is 11.6 Å². The van der Waals surface area contributed by atoms with E-state index >= 15 is 0 Å². The fourth-order valence-corrected chi connectivity index (χ4v) is 3.32. The number of benzene rings is 2. The van der Waals surface area contributed by atoms with Crippen LogP contribution < -0.4 is 10.4 Å². The highest BCUT2D eigenvalue weighted by Crippen LogP contribution is 2.28. The molecule has 4 rings (SSSR count). The van der Waals surface area contributed by atoms with E-state index in [0.29, 0.717) is 16.5 Å². The van der Waals surface area contributed by atoms with Gasteiger partial charge in [-0.2, -0.15) is 14.5 Å². The number of aryl methyl sites for hydroxylation is 3. The highest BCUT2D eigenvalue weighted by Gasteiger charge is 2.13. The van der Waals surface area contributed by atoms with Crippen LogP contribution >= 0.6 is 11.6 Å². The van der Waals surface area contributed by atoms with Gasteiger partial charge in [0.25, 0.3) is 0 Å². The molecule has 8 nitrogen and oxygen atoms in total. The zero-order chi connectivity index (χ0) is 20.5. The highest BCUT2D eigenvalue weighted by molar-refractivity contribution is 6.32. The van der Waals surface area contributed by atoms with Gasteiger partial charge >= 0.3 is 5.69 Å². The number of rotatable bonds is 5. The van der Waals surface area contributed by atoms with E-state index in [0.717, 1.165) is 22.6 Å². The van der Waals surface area contributed by atoms with Gasteiger partial charge in [-0.15, -0.1) is 0 Å². The maximum absolute atomic E-state index is 12.2. The fraction of sp³-hybridized carbons (Fsp3) is 0.200. The standard InChI is InChI=1S/C20H19ClN6O2/c1-13-10-14(2)26(22-13)16-8-9-19(17(21)11-16)29-12-15-6-4-5-7-18(15)27-20(28)25(3)23-24-27/h4-11H,12H2,1-3H3. The van der Waals surface area contributed by atoms with Gasteiger partial charge in [-0.1, -0.05) is 29.8 Å². The van der Waals surface area contributed by atoms with E-state index in [2.05, 4.69) is 15.5 Å². The molecule has 4 aromatic rings. The van der Waals surface area contributed by atoms with Crippen LogP contribution in [0.1, 0.15) is 17.0 Å². The molecule has 0 unspecified atom stereocenters. The Labute approximate surface area is 171 Å². The van der Waals surface area contributed by atoms with Gasteiger partial charge in [-0.25, -0.2) is 9.48 Å².